The van der Waals surface area contributed by atoms with Crippen LogP contribution < -0.4 is 4.90 Å². The molecule has 0 amide bonds. The fraction of sp³-hybridized carbons (Fsp3) is 0.0169. The van der Waals surface area contributed by atoms with Crippen LogP contribution in [0.4, 0.5) is 11.6 Å². The highest BCUT2D eigenvalue weighted by Gasteiger charge is 2.20. The summed E-state index contributed by atoms with van der Waals surface area (Å²) in [7, 11) is 2.03. The fourth-order valence-corrected chi connectivity index (χ4v) is 9.03. The van der Waals surface area contributed by atoms with E-state index in [0.717, 1.165) is 83.6 Å². The van der Waals surface area contributed by atoms with Crippen LogP contribution in [0.3, 0.4) is 0 Å². The van der Waals surface area contributed by atoms with E-state index in [2.05, 4.69) is 155 Å². The third-order valence-corrected chi connectivity index (χ3v) is 12.3. The van der Waals surface area contributed by atoms with E-state index in [1.54, 1.807) is 0 Å². The lowest BCUT2D eigenvalue weighted by Crippen LogP contribution is -2.16. The van der Waals surface area contributed by atoms with Crippen LogP contribution >= 0.6 is 0 Å². The molecule has 0 aliphatic carbocycles. The molecule has 0 radical (unpaired) electrons. The van der Waals surface area contributed by atoms with Crippen molar-refractivity contribution in [3.8, 4) is 73.3 Å². The molecule has 66 heavy (non-hydrogen) atoms. The zero-order valence-electron chi connectivity index (χ0n) is 36.0. The molecule has 7 heteroatoms. The summed E-state index contributed by atoms with van der Waals surface area (Å²) in [6, 6.07) is 77.7. The zero-order valence-corrected chi connectivity index (χ0v) is 36.0. The number of nitrogens with zero attached hydrogens (tertiary/aromatic N) is 6. The van der Waals surface area contributed by atoms with E-state index in [1.807, 2.05) is 85.9 Å². The van der Waals surface area contributed by atoms with Crippen molar-refractivity contribution in [3.63, 3.8) is 0 Å². The molecule has 0 saturated carbocycles. The van der Waals surface area contributed by atoms with Crippen molar-refractivity contribution in [2.24, 2.45) is 0 Å². The number of hydrogen-bond acceptors (Lipinski definition) is 6. The minimum Gasteiger partial charge on any atom is -0.435 e. The lowest BCUT2D eigenvalue weighted by molar-refractivity contribution is 0.621. The van der Waals surface area contributed by atoms with Gasteiger partial charge >= 0.3 is 0 Å². The molecular formula is C59H40N6O. The number of para-hydroxylation sites is 3. The van der Waals surface area contributed by atoms with Crippen molar-refractivity contribution < 1.29 is 4.42 Å². The second-order valence-corrected chi connectivity index (χ2v) is 16.3. The van der Waals surface area contributed by atoms with Crippen LogP contribution in [-0.4, -0.2) is 31.6 Å². The molecule has 0 unspecified atom stereocenters. The molecule has 0 atom stereocenters. The van der Waals surface area contributed by atoms with Gasteiger partial charge in [0.2, 0.25) is 11.8 Å². The molecule has 3 aromatic heterocycles. The first-order valence-electron chi connectivity index (χ1n) is 22.0. The Balaban J connectivity index is 0.956. The van der Waals surface area contributed by atoms with E-state index in [1.165, 1.54) is 10.8 Å². The Bertz CT molecular complexity index is 3710. The highest BCUT2D eigenvalue weighted by Crippen LogP contribution is 2.40. The highest BCUT2D eigenvalue weighted by atomic mass is 16.3. The topological polar surface area (TPSA) is 72.9 Å². The summed E-state index contributed by atoms with van der Waals surface area (Å²) < 4.78 is 8.85. The van der Waals surface area contributed by atoms with E-state index >= 15 is 0 Å². The van der Waals surface area contributed by atoms with Crippen LogP contribution in [0.1, 0.15) is 0 Å². The first kappa shape index (κ1) is 38.7. The molecule has 0 saturated heterocycles. The lowest BCUT2D eigenvalue weighted by Gasteiger charge is -2.22. The molecule has 7 nitrogen and oxygen atoms in total. The van der Waals surface area contributed by atoms with Crippen LogP contribution in [0.25, 0.3) is 106 Å². The second-order valence-electron chi connectivity index (χ2n) is 16.3. The molecule has 0 bridgehead atoms. The van der Waals surface area contributed by atoms with Gasteiger partial charge in [0.15, 0.2) is 17.2 Å². The van der Waals surface area contributed by atoms with E-state index in [-0.39, 0.29) is 0 Å². The molecular weight excluding hydrogens is 809 g/mol. The molecule has 0 aliphatic heterocycles. The molecule has 12 rings (SSSR count). The van der Waals surface area contributed by atoms with Gasteiger partial charge < -0.3 is 13.9 Å². The van der Waals surface area contributed by atoms with Crippen LogP contribution in [-0.2, 0) is 0 Å². The van der Waals surface area contributed by atoms with Crippen LogP contribution in [0.15, 0.2) is 229 Å². The van der Waals surface area contributed by atoms with Gasteiger partial charge in [0.25, 0.3) is 0 Å². The van der Waals surface area contributed by atoms with Crippen molar-refractivity contribution >= 4 is 44.5 Å². The van der Waals surface area contributed by atoms with Crippen molar-refractivity contribution in [3.05, 3.63) is 224 Å². The minimum atomic E-state index is 0.545. The number of hydrogen-bond donors (Lipinski definition) is 0. The van der Waals surface area contributed by atoms with Crippen LogP contribution in [0.5, 0.6) is 0 Å². The summed E-state index contributed by atoms with van der Waals surface area (Å²) >= 11 is 0. The van der Waals surface area contributed by atoms with Gasteiger partial charge in [-0.3, -0.25) is 0 Å². The molecule has 0 aliphatic rings. The molecule has 9 aromatic carbocycles. The van der Waals surface area contributed by atoms with Gasteiger partial charge in [-0.2, -0.15) is 9.97 Å². The SMILES string of the molecule is CN(c1nc(-c2ccccc2)nc(-c2ccc(-c3ccccc3)cc2)n1)c1ccccc1-c1ccc2c3ccccc3n(-c3cccc(-c4cccc5nc(-c6ccccc6)oc45)c3)c2c1. The zero-order chi connectivity index (χ0) is 44.0. The Hall–Kier alpha value is -8.94. The predicted octanol–water partition coefficient (Wildman–Crippen LogP) is 14.9. The quantitative estimate of drug-likeness (QED) is 0.144. The van der Waals surface area contributed by atoms with Crippen LogP contribution in [0, 0.1) is 0 Å². The van der Waals surface area contributed by atoms with Gasteiger partial charge in [-0.05, 0) is 70.8 Å². The molecule has 0 spiro atoms. The molecule has 12 aromatic rings. The maximum atomic E-state index is 6.48. The highest BCUT2D eigenvalue weighted by molar-refractivity contribution is 6.10. The van der Waals surface area contributed by atoms with Crippen molar-refractivity contribution in [1.29, 1.82) is 0 Å². The number of benzene rings is 9. The summed E-state index contributed by atoms with van der Waals surface area (Å²) in [5.74, 6) is 2.36. The Morgan fingerprint density at radius 1 is 0.394 bits per heavy atom. The van der Waals surface area contributed by atoms with E-state index in [4.69, 9.17) is 24.4 Å². The van der Waals surface area contributed by atoms with Gasteiger partial charge in [-0.15, -0.1) is 0 Å². The summed E-state index contributed by atoms with van der Waals surface area (Å²) in [5, 5.41) is 2.35. The average molecular weight is 849 g/mol. The summed E-state index contributed by atoms with van der Waals surface area (Å²) in [6.45, 7) is 0. The normalized spacial score (nSPS) is 11.4. The minimum absolute atomic E-state index is 0.545. The number of rotatable bonds is 9. The third-order valence-electron chi connectivity index (χ3n) is 12.3. The summed E-state index contributed by atoms with van der Waals surface area (Å²) in [6.07, 6.45) is 0. The van der Waals surface area contributed by atoms with E-state index in [0.29, 0.717) is 23.5 Å². The van der Waals surface area contributed by atoms with Crippen LogP contribution in [0.2, 0.25) is 0 Å². The molecule has 0 N–H and O–H groups in total. The number of fused-ring (bicyclic) bond motifs is 4. The maximum Gasteiger partial charge on any atom is 0.233 e. The van der Waals surface area contributed by atoms with Gasteiger partial charge in [0, 0.05) is 51.3 Å². The maximum absolute atomic E-state index is 6.48. The van der Waals surface area contributed by atoms with Crippen molar-refractivity contribution in [2.45, 2.75) is 0 Å². The van der Waals surface area contributed by atoms with Crippen molar-refractivity contribution in [2.75, 3.05) is 11.9 Å². The summed E-state index contributed by atoms with van der Waals surface area (Å²) in [5.41, 5.74) is 15.0. The Morgan fingerprint density at radius 2 is 0.939 bits per heavy atom. The largest absolute Gasteiger partial charge is 0.435 e. The lowest BCUT2D eigenvalue weighted by atomic mass is 10.0. The summed E-state index contributed by atoms with van der Waals surface area (Å²) in [4.78, 5) is 22.2. The molecule has 312 valence electrons. The Labute approximate surface area is 381 Å². The monoisotopic (exact) mass is 848 g/mol. The smallest absolute Gasteiger partial charge is 0.233 e. The molecule has 3 heterocycles. The first-order valence-corrected chi connectivity index (χ1v) is 22.0. The Morgan fingerprint density at radius 3 is 1.71 bits per heavy atom. The van der Waals surface area contributed by atoms with Gasteiger partial charge in [0.05, 0.1) is 16.7 Å². The van der Waals surface area contributed by atoms with E-state index in [9.17, 15) is 0 Å². The first-order chi connectivity index (χ1) is 32.6. The number of aromatic nitrogens is 5. The fourth-order valence-electron chi connectivity index (χ4n) is 9.03. The number of anilines is 2. The molecule has 0 fully saturated rings. The third kappa shape index (κ3) is 6.96. The Kier molecular flexibility index (Phi) is 9.57. The van der Waals surface area contributed by atoms with Crippen molar-refractivity contribution in [1.82, 2.24) is 24.5 Å². The standard InChI is InChI=1S/C59H40N6O/c1-64(59-62-56(41-19-7-3-8-20-41)61-57(63-59)42-33-31-40(32-34-42)39-17-5-2-6-18-39)52-29-13-11-25-47(52)45-35-36-50-49-26-12-14-30-53(49)65(54(50)38-45)46-24-15-23-44(37-46)48-27-16-28-51-55(48)66-58(60-51)43-21-9-4-10-22-43/h2-38H,1H3. The predicted molar refractivity (Wildman–Crippen MR) is 269 cm³/mol. The van der Waals surface area contributed by atoms with Gasteiger partial charge in [-0.1, -0.05) is 176 Å². The van der Waals surface area contributed by atoms with E-state index < -0.39 is 0 Å². The number of oxazole rings is 1. The van der Waals surface area contributed by atoms with Gasteiger partial charge in [-0.25, -0.2) is 9.97 Å². The average Bonchev–Trinajstić information content (AvgIpc) is 3.99. The second kappa shape index (κ2) is 16.3. The van der Waals surface area contributed by atoms with Gasteiger partial charge in [0.1, 0.15) is 5.52 Å².